The molecule has 1 aromatic heterocycles. The molecule has 0 bridgehead atoms. The maximum Gasteiger partial charge on any atom is 0.203 e. The van der Waals surface area contributed by atoms with Crippen LogP contribution in [0.5, 0.6) is 0 Å². The van der Waals surface area contributed by atoms with Gasteiger partial charge in [0.05, 0.1) is 5.69 Å². The molecule has 0 radical (unpaired) electrons. The van der Waals surface area contributed by atoms with Crippen LogP contribution in [0.1, 0.15) is 224 Å². The Morgan fingerprint density at radius 1 is 0.519 bits per heavy atom. The van der Waals surface area contributed by atoms with E-state index in [2.05, 4.69) is 243 Å². The Morgan fingerprint density at radius 2 is 1.11 bits per heavy atom. The predicted octanol–water partition coefficient (Wildman–Crippen LogP) is 20.2. The maximum atomic E-state index is 7.56. The van der Waals surface area contributed by atoms with Gasteiger partial charge in [-0.15, -0.1) is 0 Å². The van der Waals surface area contributed by atoms with Crippen LogP contribution in [0.4, 0.5) is 28.6 Å². The van der Waals surface area contributed by atoms with Crippen molar-refractivity contribution in [1.29, 1.82) is 0 Å². The topological polar surface area (TPSA) is 28.4 Å². The molecule has 0 amide bonds. The first-order chi connectivity index (χ1) is 38.1. The lowest BCUT2D eigenvalue weighted by atomic mass is 9.57. The van der Waals surface area contributed by atoms with Gasteiger partial charge in [-0.05, 0) is 234 Å². The van der Waals surface area contributed by atoms with Crippen molar-refractivity contribution in [2.45, 2.75) is 213 Å². The Kier molecular flexibility index (Phi) is 12.1. The number of rotatable bonds is 8. The third-order valence-corrected chi connectivity index (χ3v) is 21.7. The van der Waals surface area contributed by atoms with Crippen LogP contribution in [0.25, 0.3) is 44.3 Å². The molecule has 5 aliphatic rings. The van der Waals surface area contributed by atoms with Crippen LogP contribution in [-0.4, -0.2) is 7.28 Å². The van der Waals surface area contributed by atoms with Crippen molar-refractivity contribution in [3.63, 3.8) is 0 Å². The van der Waals surface area contributed by atoms with Gasteiger partial charge in [0.15, 0.2) is 5.88 Å². The number of aryl methyl sites for hydroxylation is 1. The molecule has 0 spiro atoms. The normalized spacial score (nSPS) is 19.9. The van der Waals surface area contributed by atoms with Crippen LogP contribution in [-0.2, 0) is 37.9 Å². The molecule has 8 aromatic rings. The van der Waals surface area contributed by atoms with Crippen molar-refractivity contribution in [2.75, 3.05) is 10.2 Å². The van der Waals surface area contributed by atoms with Gasteiger partial charge in [-0.1, -0.05) is 178 Å². The minimum Gasteiger partial charge on any atom is -0.440 e. The predicted molar refractivity (Wildman–Crippen MR) is 349 cm³/mol. The summed E-state index contributed by atoms with van der Waals surface area (Å²) in [5.74, 6) is 1.38. The Hall–Kier alpha value is -6.26. The first-order valence-corrected chi connectivity index (χ1v) is 31.2. The zero-order chi connectivity index (χ0) is 57.3. The second-order valence-electron chi connectivity index (χ2n) is 30.6. The molecule has 4 heteroatoms. The van der Waals surface area contributed by atoms with Crippen LogP contribution in [0.2, 0.25) is 0 Å². The molecule has 0 fully saturated rings. The summed E-state index contributed by atoms with van der Waals surface area (Å²) in [5.41, 5.74) is 30.6. The maximum absolute atomic E-state index is 7.56. The van der Waals surface area contributed by atoms with E-state index in [-0.39, 0.29) is 37.9 Å². The number of benzene rings is 7. The van der Waals surface area contributed by atoms with E-state index in [0.29, 0.717) is 5.92 Å². The fourth-order valence-electron chi connectivity index (χ4n) is 16.2. The van der Waals surface area contributed by atoms with Gasteiger partial charge in [-0.3, -0.25) is 4.90 Å². The summed E-state index contributed by atoms with van der Waals surface area (Å²) in [6, 6.07) is 46.0. The van der Waals surface area contributed by atoms with Gasteiger partial charge in [0.1, 0.15) is 5.58 Å². The largest absolute Gasteiger partial charge is 0.440 e. The summed E-state index contributed by atoms with van der Waals surface area (Å²) < 4.78 is 7.56. The molecule has 0 saturated carbocycles. The van der Waals surface area contributed by atoms with Crippen molar-refractivity contribution in [3.05, 3.63) is 171 Å². The Morgan fingerprint density at radius 3 is 1.75 bits per heavy atom. The average molecular weight is 1070 g/mol. The molecule has 13 rings (SSSR count). The first kappa shape index (κ1) is 54.0. The fraction of sp³-hybridized carbons (Fsp3) is 0.429. The van der Waals surface area contributed by atoms with E-state index in [1.807, 2.05) is 0 Å². The average Bonchev–Trinajstić information content (AvgIpc) is 2.51. The Bertz CT molecular complexity index is 3910. The lowest BCUT2D eigenvalue weighted by molar-refractivity contribution is 0.331. The summed E-state index contributed by atoms with van der Waals surface area (Å²) in [4.78, 5) is 2.55. The van der Waals surface area contributed by atoms with Gasteiger partial charge in [0.25, 0.3) is 0 Å². The number of nitrogens with zero attached hydrogens (tertiary/aromatic N) is 1. The number of nitrogens with one attached hydrogen (secondary N) is 1. The summed E-state index contributed by atoms with van der Waals surface area (Å²) in [7, 11) is 0.744. The quantitative estimate of drug-likeness (QED) is 0.154. The second-order valence-corrected chi connectivity index (χ2v) is 30.6. The molecule has 1 atom stereocenters. The SMILES string of the molecule is CCC[C@H](C)c1ccc(N2c3cc(C)cc(-c4c(Nc5ccc6c(c5)C(C)(C)CCC6(C)C)ccc5c4C(C)(C)c4cc6c(cc4-5)C(C)(C)CCC6(C)C)c3Bc3c2oc2cc4c(cc32)C(C)(C)CCC4(C)C)c(-c2ccccc2)c1. The number of hydrogen-bond donors (Lipinski definition) is 1. The molecule has 7 aromatic carbocycles. The van der Waals surface area contributed by atoms with E-state index in [4.69, 9.17) is 4.42 Å². The summed E-state index contributed by atoms with van der Waals surface area (Å²) in [6.45, 7) is 41.6. The Labute approximate surface area is 487 Å². The smallest absolute Gasteiger partial charge is 0.203 e. The van der Waals surface area contributed by atoms with E-state index in [1.54, 1.807) is 0 Å². The standard InChI is InChI=1S/C77H89BN2O/c1-18-22-46(3)48-25-30-63(51(39-48)47-23-20-19-21-24-47)80-64-38-45(2)37-54(68(64)78-69-53-42-59-61(44-65(53)81-70(69)80)76(14,15)36-34-74(59,10)11)66-62(79-49-26-28-55-57(40-49)72(6,7)32-31-71(55,4)5)29-27-50-52-41-58-60(43-56(52)77(16,17)67(50)66)75(12,13)35-33-73(58,8)9/h19-21,23-30,37-44,46,78-79H,18,22,31-36H2,1-17H3/t46-/m0/s1. The van der Waals surface area contributed by atoms with E-state index in [1.165, 1.54) is 137 Å². The van der Waals surface area contributed by atoms with Crippen molar-refractivity contribution < 1.29 is 4.42 Å². The highest BCUT2D eigenvalue weighted by Crippen LogP contribution is 2.59. The lowest BCUT2D eigenvalue weighted by Crippen LogP contribution is -2.41. The molecular formula is C77H89BN2O. The summed E-state index contributed by atoms with van der Waals surface area (Å²) in [6.07, 6.45) is 9.34. The van der Waals surface area contributed by atoms with E-state index in [0.717, 1.165) is 61.5 Å². The summed E-state index contributed by atoms with van der Waals surface area (Å²) >= 11 is 0. The highest BCUT2D eigenvalue weighted by atomic mass is 16.4. The molecule has 1 N–H and O–H groups in total. The highest BCUT2D eigenvalue weighted by molar-refractivity contribution is 6.75. The number of hydrogen-bond acceptors (Lipinski definition) is 3. The van der Waals surface area contributed by atoms with Gasteiger partial charge >= 0.3 is 0 Å². The Balaban J connectivity index is 1.11. The lowest BCUT2D eigenvalue weighted by Gasteiger charge is -2.42. The third kappa shape index (κ3) is 8.39. The molecule has 81 heavy (non-hydrogen) atoms. The van der Waals surface area contributed by atoms with Gasteiger partial charge in [0.2, 0.25) is 7.28 Å². The van der Waals surface area contributed by atoms with Crippen molar-refractivity contribution in [2.24, 2.45) is 0 Å². The molecule has 3 nitrogen and oxygen atoms in total. The molecule has 2 heterocycles. The van der Waals surface area contributed by atoms with Crippen LogP contribution >= 0.6 is 0 Å². The first-order valence-electron chi connectivity index (χ1n) is 31.2. The molecule has 1 aliphatic heterocycles. The monoisotopic (exact) mass is 1070 g/mol. The number of anilines is 5. The van der Waals surface area contributed by atoms with Gasteiger partial charge in [0, 0.05) is 39.0 Å². The highest BCUT2D eigenvalue weighted by Gasteiger charge is 2.46. The van der Waals surface area contributed by atoms with Crippen LogP contribution < -0.4 is 21.1 Å². The summed E-state index contributed by atoms with van der Waals surface area (Å²) in [5, 5.41) is 5.49. The van der Waals surface area contributed by atoms with Crippen molar-refractivity contribution in [3.8, 4) is 33.4 Å². The third-order valence-electron chi connectivity index (χ3n) is 21.7. The van der Waals surface area contributed by atoms with Gasteiger partial charge in [-0.2, -0.15) is 0 Å². The minimum atomic E-state index is -0.312. The van der Waals surface area contributed by atoms with Crippen molar-refractivity contribution >= 4 is 57.8 Å². The zero-order valence-electron chi connectivity index (χ0n) is 52.3. The van der Waals surface area contributed by atoms with Crippen LogP contribution in [0.15, 0.2) is 120 Å². The number of fused-ring (bicyclic) bond motifs is 10. The molecule has 0 unspecified atom stereocenters. The zero-order valence-corrected chi connectivity index (χ0v) is 52.3. The molecule has 4 aliphatic carbocycles. The minimum absolute atomic E-state index is 0.0419. The second kappa shape index (κ2) is 18.1. The number of furan rings is 1. The molecular weight excluding hydrogens is 980 g/mol. The van der Waals surface area contributed by atoms with Gasteiger partial charge in [-0.25, -0.2) is 0 Å². The van der Waals surface area contributed by atoms with E-state index >= 15 is 0 Å². The fourth-order valence-corrected chi connectivity index (χ4v) is 16.2. The van der Waals surface area contributed by atoms with Crippen molar-refractivity contribution in [1.82, 2.24) is 0 Å². The van der Waals surface area contributed by atoms with Crippen LogP contribution in [0, 0.1) is 6.92 Å². The van der Waals surface area contributed by atoms with E-state index in [9.17, 15) is 0 Å². The molecule has 416 valence electrons. The van der Waals surface area contributed by atoms with Gasteiger partial charge < -0.3 is 9.73 Å². The molecule has 0 saturated heterocycles. The van der Waals surface area contributed by atoms with E-state index < -0.39 is 0 Å². The van der Waals surface area contributed by atoms with Crippen LogP contribution in [0.3, 0.4) is 0 Å².